The third-order valence-corrected chi connectivity index (χ3v) is 2.27. The summed E-state index contributed by atoms with van der Waals surface area (Å²) in [5.41, 5.74) is 0.443. The number of aryl methyl sites for hydroxylation is 1. The summed E-state index contributed by atoms with van der Waals surface area (Å²) in [6.07, 6.45) is 2.07. The molecule has 0 spiro atoms. The van der Waals surface area contributed by atoms with E-state index in [0.717, 1.165) is 0 Å². The number of aromatic nitrogens is 1. The number of pyridine rings is 1. The highest BCUT2D eigenvalue weighted by atomic mass is 19.1. The molecule has 2 rings (SSSR count). The van der Waals surface area contributed by atoms with E-state index in [4.69, 9.17) is 4.42 Å². The molecular weight excluding hydrogens is 223 g/mol. The molecule has 0 radical (unpaired) electrons. The van der Waals surface area contributed by atoms with Crippen molar-refractivity contribution in [3.05, 3.63) is 47.8 Å². The number of hydrogen-bond donors (Lipinski definition) is 1. The second-order valence-corrected chi connectivity index (χ2v) is 3.41. The summed E-state index contributed by atoms with van der Waals surface area (Å²) < 4.78 is 18.0. The van der Waals surface area contributed by atoms with E-state index in [-0.39, 0.29) is 11.7 Å². The van der Waals surface area contributed by atoms with Crippen LogP contribution >= 0.6 is 0 Å². The minimum absolute atomic E-state index is 0.179. The highest BCUT2D eigenvalue weighted by Crippen LogP contribution is 2.13. The first-order valence-corrected chi connectivity index (χ1v) is 5.21. The van der Waals surface area contributed by atoms with E-state index in [2.05, 4.69) is 10.3 Å². The van der Waals surface area contributed by atoms with E-state index < -0.39 is 5.95 Å². The van der Waals surface area contributed by atoms with Crippen LogP contribution < -0.4 is 5.32 Å². The third-order valence-electron chi connectivity index (χ3n) is 2.27. The summed E-state index contributed by atoms with van der Waals surface area (Å²) in [5.74, 6) is -0.212. The summed E-state index contributed by atoms with van der Waals surface area (Å²) in [6.45, 7) is 1.88. The number of furan rings is 1. The lowest BCUT2D eigenvalue weighted by atomic mass is 10.2. The maximum atomic E-state index is 12.8. The molecular formula is C12H11FN2O2. The van der Waals surface area contributed by atoms with E-state index in [1.807, 2.05) is 6.92 Å². The number of amides is 1. The van der Waals surface area contributed by atoms with Gasteiger partial charge in [-0.3, -0.25) is 4.79 Å². The minimum Gasteiger partial charge on any atom is -0.469 e. The highest BCUT2D eigenvalue weighted by molar-refractivity contribution is 6.04. The molecule has 2 heterocycles. The van der Waals surface area contributed by atoms with Crippen LogP contribution in [0.15, 0.2) is 34.9 Å². The van der Waals surface area contributed by atoms with Crippen molar-refractivity contribution >= 4 is 11.7 Å². The number of halogens is 1. The molecule has 1 amide bonds. The maximum Gasteiger partial charge on any atom is 0.260 e. The van der Waals surface area contributed by atoms with Gasteiger partial charge < -0.3 is 9.73 Å². The van der Waals surface area contributed by atoms with E-state index >= 15 is 0 Å². The zero-order valence-corrected chi connectivity index (χ0v) is 9.24. The second kappa shape index (κ2) is 4.78. The fraction of sp³-hybridized carbons (Fsp3) is 0.167. The Labute approximate surface area is 97.5 Å². The summed E-state index contributed by atoms with van der Waals surface area (Å²) in [7, 11) is 0. The average Bonchev–Trinajstić information content (AvgIpc) is 2.77. The van der Waals surface area contributed by atoms with Gasteiger partial charge in [0, 0.05) is 6.42 Å². The Morgan fingerprint density at radius 3 is 3.00 bits per heavy atom. The predicted molar refractivity (Wildman–Crippen MR) is 60.2 cm³/mol. The van der Waals surface area contributed by atoms with E-state index in [1.54, 1.807) is 6.07 Å². The van der Waals surface area contributed by atoms with E-state index in [9.17, 15) is 9.18 Å². The maximum absolute atomic E-state index is 12.8. The van der Waals surface area contributed by atoms with Crippen LogP contribution in [0.1, 0.15) is 23.0 Å². The number of carbonyl (C=O) groups is 1. The molecule has 1 N–H and O–H groups in total. The molecule has 2 aromatic rings. The Balaban J connectivity index is 2.17. The Bertz CT molecular complexity index is 537. The van der Waals surface area contributed by atoms with Crippen molar-refractivity contribution in [2.24, 2.45) is 0 Å². The van der Waals surface area contributed by atoms with E-state index in [1.165, 1.54) is 24.5 Å². The molecule has 0 saturated carbocycles. The lowest BCUT2D eigenvalue weighted by molar-refractivity contribution is 0.102. The molecule has 4 nitrogen and oxygen atoms in total. The van der Waals surface area contributed by atoms with Crippen LogP contribution in [0.4, 0.5) is 10.2 Å². The summed E-state index contributed by atoms with van der Waals surface area (Å²) >= 11 is 0. The van der Waals surface area contributed by atoms with Crippen LogP contribution in [-0.4, -0.2) is 10.9 Å². The SMILES string of the molecule is CCc1occc1C(=O)Nc1cccc(F)n1. The Morgan fingerprint density at radius 1 is 1.47 bits per heavy atom. The van der Waals surface area contributed by atoms with Crippen LogP contribution in [0.3, 0.4) is 0 Å². The monoisotopic (exact) mass is 234 g/mol. The Morgan fingerprint density at radius 2 is 2.29 bits per heavy atom. The van der Waals surface area contributed by atoms with Crippen LogP contribution in [0.25, 0.3) is 0 Å². The van der Waals surface area contributed by atoms with Crippen LogP contribution in [0, 0.1) is 5.95 Å². The van der Waals surface area contributed by atoms with Gasteiger partial charge in [0.2, 0.25) is 5.95 Å². The van der Waals surface area contributed by atoms with Crippen molar-refractivity contribution in [3.63, 3.8) is 0 Å². The van der Waals surface area contributed by atoms with Gasteiger partial charge in [-0.2, -0.15) is 4.39 Å². The molecule has 0 saturated heterocycles. The molecule has 0 aliphatic rings. The topological polar surface area (TPSA) is 55.1 Å². The van der Waals surface area contributed by atoms with Crippen LogP contribution in [0.2, 0.25) is 0 Å². The normalized spacial score (nSPS) is 10.2. The van der Waals surface area contributed by atoms with Gasteiger partial charge in [-0.15, -0.1) is 0 Å². The molecule has 5 heteroatoms. The highest BCUT2D eigenvalue weighted by Gasteiger charge is 2.13. The Hall–Kier alpha value is -2.17. The lowest BCUT2D eigenvalue weighted by Crippen LogP contribution is -2.14. The van der Waals surface area contributed by atoms with Crippen molar-refractivity contribution in [2.45, 2.75) is 13.3 Å². The molecule has 0 aromatic carbocycles. The minimum atomic E-state index is -0.634. The number of hydrogen-bond acceptors (Lipinski definition) is 3. The number of nitrogens with one attached hydrogen (secondary N) is 1. The number of carbonyl (C=O) groups excluding carboxylic acids is 1. The molecule has 0 fully saturated rings. The van der Waals surface area contributed by atoms with Gasteiger partial charge in [0.15, 0.2) is 0 Å². The summed E-state index contributed by atoms with van der Waals surface area (Å²) in [6, 6.07) is 5.79. The van der Waals surface area contributed by atoms with Crippen molar-refractivity contribution in [3.8, 4) is 0 Å². The fourth-order valence-corrected chi connectivity index (χ4v) is 1.48. The van der Waals surface area contributed by atoms with Crippen molar-refractivity contribution in [1.82, 2.24) is 4.98 Å². The first-order valence-electron chi connectivity index (χ1n) is 5.21. The van der Waals surface area contributed by atoms with Gasteiger partial charge in [-0.25, -0.2) is 4.98 Å². The van der Waals surface area contributed by atoms with Gasteiger partial charge in [-0.05, 0) is 18.2 Å². The molecule has 0 aliphatic heterocycles. The largest absolute Gasteiger partial charge is 0.469 e. The van der Waals surface area contributed by atoms with Gasteiger partial charge in [0.1, 0.15) is 11.6 Å². The number of anilines is 1. The molecule has 2 aromatic heterocycles. The predicted octanol–water partition coefficient (Wildman–Crippen LogP) is 2.63. The first-order chi connectivity index (χ1) is 8.20. The Kier molecular flexibility index (Phi) is 3.18. The van der Waals surface area contributed by atoms with E-state index in [0.29, 0.717) is 17.7 Å². The molecule has 0 unspecified atom stereocenters. The van der Waals surface area contributed by atoms with Gasteiger partial charge in [0.05, 0.1) is 11.8 Å². The number of nitrogens with zero attached hydrogens (tertiary/aromatic N) is 1. The van der Waals surface area contributed by atoms with Crippen LogP contribution in [-0.2, 0) is 6.42 Å². The number of rotatable bonds is 3. The van der Waals surface area contributed by atoms with Crippen LogP contribution in [0.5, 0.6) is 0 Å². The first kappa shape index (κ1) is 11.3. The smallest absolute Gasteiger partial charge is 0.260 e. The van der Waals surface area contributed by atoms with Gasteiger partial charge in [-0.1, -0.05) is 13.0 Å². The van der Waals surface area contributed by atoms with Crippen molar-refractivity contribution in [1.29, 1.82) is 0 Å². The van der Waals surface area contributed by atoms with Crippen molar-refractivity contribution < 1.29 is 13.6 Å². The third kappa shape index (κ3) is 2.50. The zero-order valence-electron chi connectivity index (χ0n) is 9.24. The van der Waals surface area contributed by atoms with Crippen molar-refractivity contribution in [2.75, 3.05) is 5.32 Å². The standard InChI is InChI=1S/C12H11FN2O2/c1-2-9-8(6-7-17-9)12(16)15-11-5-3-4-10(13)14-11/h3-7H,2H2,1H3,(H,14,15,16). The molecule has 0 atom stereocenters. The molecule has 88 valence electrons. The lowest BCUT2D eigenvalue weighted by Gasteiger charge is -2.03. The fourth-order valence-electron chi connectivity index (χ4n) is 1.48. The van der Waals surface area contributed by atoms with Gasteiger partial charge >= 0.3 is 0 Å². The average molecular weight is 234 g/mol. The second-order valence-electron chi connectivity index (χ2n) is 3.41. The summed E-state index contributed by atoms with van der Waals surface area (Å²) in [4.78, 5) is 15.4. The molecule has 17 heavy (non-hydrogen) atoms. The van der Waals surface area contributed by atoms with Gasteiger partial charge in [0.25, 0.3) is 5.91 Å². The summed E-state index contributed by atoms with van der Waals surface area (Å²) in [5, 5.41) is 2.51. The molecule has 0 aliphatic carbocycles. The zero-order chi connectivity index (χ0) is 12.3. The quantitative estimate of drug-likeness (QED) is 0.830. The molecule has 0 bridgehead atoms.